The molecule has 0 bridgehead atoms. The van der Waals surface area contributed by atoms with Crippen LogP contribution in [0.25, 0.3) is 11.5 Å². The quantitative estimate of drug-likeness (QED) is 0.538. The lowest BCUT2D eigenvalue weighted by molar-refractivity contribution is -0.133. The number of benzene rings is 2. The molecule has 1 saturated heterocycles. The summed E-state index contributed by atoms with van der Waals surface area (Å²) < 4.78 is 11.2. The monoisotopic (exact) mass is 434 g/mol. The Morgan fingerprint density at radius 3 is 2.41 bits per heavy atom. The Hall–Kier alpha value is -3.19. The standard InChI is InChI=1S/C25H30N4O3/c1-3-31-22-10-6-20(7-11-22)18-28-14-16-29(17-15-28)24(30)13-12-23-26-27-25(32-23)21-8-4-19(2)5-9-21/h4-11H,3,12-18H2,1-2H3. The molecule has 7 heteroatoms. The first kappa shape index (κ1) is 22.0. The van der Waals surface area contributed by atoms with E-state index in [4.69, 9.17) is 9.15 Å². The molecule has 0 aliphatic carbocycles. The Labute approximate surface area is 189 Å². The van der Waals surface area contributed by atoms with Crippen LogP contribution < -0.4 is 4.74 Å². The van der Waals surface area contributed by atoms with Crippen LogP contribution in [0.2, 0.25) is 0 Å². The maximum absolute atomic E-state index is 12.7. The maximum atomic E-state index is 12.7. The van der Waals surface area contributed by atoms with Crippen molar-refractivity contribution < 1.29 is 13.9 Å². The lowest BCUT2D eigenvalue weighted by Crippen LogP contribution is -2.48. The van der Waals surface area contributed by atoms with Crippen LogP contribution in [0.15, 0.2) is 52.9 Å². The minimum absolute atomic E-state index is 0.140. The van der Waals surface area contributed by atoms with Gasteiger partial charge in [0.2, 0.25) is 17.7 Å². The molecular formula is C25H30N4O3. The summed E-state index contributed by atoms with van der Waals surface area (Å²) in [6, 6.07) is 16.2. The molecule has 1 amide bonds. The summed E-state index contributed by atoms with van der Waals surface area (Å²) in [5.74, 6) is 2.04. The zero-order valence-corrected chi connectivity index (χ0v) is 18.8. The SMILES string of the molecule is CCOc1ccc(CN2CCN(C(=O)CCc3nnc(-c4ccc(C)cc4)o3)CC2)cc1. The van der Waals surface area contributed by atoms with Crippen LogP contribution in [-0.4, -0.2) is 58.7 Å². The minimum atomic E-state index is 0.140. The molecule has 0 spiro atoms. The topological polar surface area (TPSA) is 71.7 Å². The van der Waals surface area contributed by atoms with Crippen molar-refractivity contribution in [1.82, 2.24) is 20.0 Å². The Morgan fingerprint density at radius 1 is 1.00 bits per heavy atom. The predicted molar refractivity (Wildman–Crippen MR) is 122 cm³/mol. The fourth-order valence-corrected chi connectivity index (χ4v) is 3.81. The molecule has 3 aromatic rings. The largest absolute Gasteiger partial charge is 0.494 e. The van der Waals surface area contributed by atoms with Crippen LogP contribution in [0, 0.1) is 6.92 Å². The third-order valence-electron chi connectivity index (χ3n) is 5.68. The van der Waals surface area contributed by atoms with Crippen molar-refractivity contribution in [2.45, 2.75) is 33.2 Å². The second-order valence-electron chi connectivity index (χ2n) is 8.10. The summed E-state index contributed by atoms with van der Waals surface area (Å²) >= 11 is 0. The maximum Gasteiger partial charge on any atom is 0.247 e. The highest BCUT2D eigenvalue weighted by molar-refractivity contribution is 5.76. The normalized spacial score (nSPS) is 14.5. The Balaban J connectivity index is 1.21. The molecule has 1 aliphatic rings. The van der Waals surface area contributed by atoms with Gasteiger partial charge in [0.15, 0.2) is 0 Å². The third kappa shape index (κ3) is 5.73. The van der Waals surface area contributed by atoms with Gasteiger partial charge in [-0.1, -0.05) is 29.8 Å². The van der Waals surface area contributed by atoms with E-state index in [1.54, 1.807) is 0 Å². The number of hydrogen-bond acceptors (Lipinski definition) is 6. The Kier molecular flexibility index (Phi) is 7.17. The molecule has 1 aliphatic heterocycles. The van der Waals surface area contributed by atoms with E-state index >= 15 is 0 Å². The van der Waals surface area contributed by atoms with E-state index in [0.29, 0.717) is 31.2 Å². The third-order valence-corrected chi connectivity index (χ3v) is 5.68. The number of aryl methyl sites for hydroxylation is 2. The zero-order chi connectivity index (χ0) is 22.3. The van der Waals surface area contributed by atoms with Gasteiger partial charge in [0.05, 0.1) is 6.61 Å². The number of rotatable bonds is 8. The number of carbonyl (C=O) groups is 1. The van der Waals surface area contributed by atoms with Crippen LogP contribution in [-0.2, 0) is 17.8 Å². The molecule has 32 heavy (non-hydrogen) atoms. The van der Waals surface area contributed by atoms with Gasteiger partial charge in [-0.3, -0.25) is 9.69 Å². The van der Waals surface area contributed by atoms with Crippen molar-refractivity contribution >= 4 is 5.91 Å². The molecule has 2 heterocycles. The van der Waals surface area contributed by atoms with E-state index < -0.39 is 0 Å². The number of nitrogens with zero attached hydrogens (tertiary/aromatic N) is 4. The number of hydrogen-bond donors (Lipinski definition) is 0. The summed E-state index contributed by atoms with van der Waals surface area (Å²) in [5, 5.41) is 8.22. The van der Waals surface area contributed by atoms with E-state index in [0.717, 1.165) is 44.0 Å². The molecule has 1 fully saturated rings. The molecule has 2 aromatic carbocycles. The summed E-state index contributed by atoms with van der Waals surface area (Å²) in [7, 11) is 0. The Morgan fingerprint density at radius 2 is 1.72 bits per heavy atom. The van der Waals surface area contributed by atoms with Gasteiger partial charge < -0.3 is 14.1 Å². The first-order valence-electron chi connectivity index (χ1n) is 11.2. The molecule has 168 valence electrons. The molecule has 0 saturated carbocycles. The van der Waals surface area contributed by atoms with Gasteiger partial charge in [-0.05, 0) is 43.7 Å². The fourth-order valence-electron chi connectivity index (χ4n) is 3.81. The van der Waals surface area contributed by atoms with E-state index in [9.17, 15) is 4.79 Å². The van der Waals surface area contributed by atoms with Crippen molar-refractivity contribution in [2.24, 2.45) is 0 Å². The Bertz CT molecular complexity index is 1010. The number of aromatic nitrogens is 2. The van der Waals surface area contributed by atoms with Gasteiger partial charge in [-0.15, -0.1) is 10.2 Å². The molecule has 7 nitrogen and oxygen atoms in total. The van der Waals surface area contributed by atoms with Crippen molar-refractivity contribution in [1.29, 1.82) is 0 Å². The highest BCUT2D eigenvalue weighted by Crippen LogP contribution is 2.19. The van der Waals surface area contributed by atoms with Crippen molar-refractivity contribution in [3.8, 4) is 17.2 Å². The van der Waals surface area contributed by atoms with E-state index in [2.05, 4.69) is 27.2 Å². The average molecular weight is 435 g/mol. The van der Waals surface area contributed by atoms with Crippen LogP contribution >= 0.6 is 0 Å². The van der Waals surface area contributed by atoms with Gasteiger partial charge >= 0.3 is 0 Å². The summed E-state index contributed by atoms with van der Waals surface area (Å²) in [6.45, 7) is 8.82. The number of piperazine rings is 1. The zero-order valence-electron chi connectivity index (χ0n) is 18.8. The van der Waals surface area contributed by atoms with Crippen molar-refractivity contribution in [3.05, 3.63) is 65.5 Å². The lowest BCUT2D eigenvalue weighted by atomic mass is 10.1. The fraction of sp³-hybridized carbons (Fsp3) is 0.400. The van der Waals surface area contributed by atoms with Crippen LogP contribution in [0.4, 0.5) is 0 Å². The second-order valence-corrected chi connectivity index (χ2v) is 8.10. The average Bonchev–Trinajstić information content (AvgIpc) is 3.29. The predicted octanol–water partition coefficient (Wildman–Crippen LogP) is 3.72. The number of ether oxygens (including phenoxy) is 1. The molecular weight excluding hydrogens is 404 g/mol. The number of carbonyl (C=O) groups excluding carboxylic acids is 1. The van der Waals surface area contributed by atoms with Crippen LogP contribution in [0.5, 0.6) is 5.75 Å². The summed E-state index contributed by atoms with van der Waals surface area (Å²) in [4.78, 5) is 17.0. The van der Waals surface area contributed by atoms with Gasteiger partial charge in [-0.25, -0.2) is 0 Å². The minimum Gasteiger partial charge on any atom is -0.494 e. The molecule has 0 unspecified atom stereocenters. The van der Waals surface area contributed by atoms with Crippen molar-refractivity contribution in [3.63, 3.8) is 0 Å². The summed E-state index contributed by atoms with van der Waals surface area (Å²) in [5.41, 5.74) is 3.33. The van der Waals surface area contributed by atoms with Gasteiger partial charge in [0.1, 0.15) is 5.75 Å². The summed E-state index contributed by atoms with van der Waals surface area (Å²) in [6.07, 6.45) is 0.846. The number of amides is 1. The van der Waals surface area contributed by atoms with E-state index in [-0.39, 0.29) is 5.91 Å². The molecule has 0 radical (unpaired) electrons. The van der Waals surface area contributed by atoms with Crippen LogP contribution in [0.1, 0.15) is 30.4 Å². The van der Waals surface area contributed by atoms with E-state index in [1.807, 2.05) is 55.1 Å². The first-order chi connectivity index (χ1) is 15.6. The molecule has 1 aromatic heterocycles. The van der Waals surface area contributed by atoms with Gasteiger partial charge in [0.25, 0.3) is 0 Å². The van der Waals surface area contributed by atoms with E-state index in [1.165, 1.54) is 11.1 Å². The first-order valence-corrected chi connectivity index (χ1v) is 11.2. The molecule has 4 rings (SSSR count). The molecule has 0 atom stereocenters. The second kappa shape index (κ2) is 10.4. The van der Waals surface area contributed by atoms with Gasteiger partial charge in [0, 0.05) is 51.1 Å². The smallest absolute Gasteiger partial charge is 0.247 e. The lowest BCUT2D eigenvalue weighted by Gasteiger charge is -2.34. The van der Waals surface area contributed by atoms with Gasteiger partial charge in [-0.2, -0.15) is 0 Å². The highest BCUT2D eigenvalue weighted by Gasteiger charge is 2.21. The molecule has 0 N–H and O–H groups in total. The van der Waals surface area contributed by atoms with Crippen LogP contribution in [0.3, 0.4) is 0 Å². The highest BCUT2D eigenvalue weighted by atomic mass is 16.5. The van der Waals surface area contributed by atoms with Crippen molar-refractivity contribution in [2.75, 3.05) is 32.8 Å².